The molecular formula is C34H52N2O9Si. The predicted octanol–water partition coefficient (Wildman–Crippen LogP) is 4.70. The number of carbonyl (C=O) groups excluding carboxylic acids is 3. The van der Waals surface area contributed by atoms with Crippen LogP contribution in [0.15, 0.2) is 36.4 Å². The fraction of sp³-hybridized carbons (Fsp3) is 0.588. The van der Waals surface area contributed by atoms with E-state index in [1.54, 1.807) is 44.2 Å². The summed E-state index contributed by atoms with van der Waals surface area (Å²) in [5.74, 6) is 1.64. The van der Waals surface area contributed by atoms with Crippen LogP contribution in [0.2, 0.25) is 25.7 Å². The molecule has 12 heteroatoms. The van der Waals surface area contributed by atoms with E-state index < -0.39 is 49.6 Å². The molecule has 1 aromatic carbocycles. The number of aliphatic carboxylic acids is 1. The predicted molar refractivity (Wildman–Crippen MR) is 179 cm³/mol. The molecule has 0 bridgehead atoms. The Morgan fingerprint density at radius 3 is 2.37 bits per heavy atom. The highest BCUT2D eigenvalue weighted by Crippen LogP contribution is 2.27. The maximum atomic E-state index is 13.5. The molecule has 0 radical (unpaired) electrons. The fourth-order valence-corrected chi connectivity index (χ4v) is 5.19. The minimum atomic E-state index is -2.38. The van der Waals surface area contributed by atoms with E-state index in [1.807, 2.05) is 0 Å². The van der Waals surface area contributed by atoms with Crippen molar-refractivity contribution in [1.29, 1.82) is 0 Å². The molecule has 2 amide bonds. The molecule has 0 unspecified atom stereocenters. The summed E-state index contributed by atoms with van der Waals surface area (Å²) >= 11 is 0. The standard InChI is InChI=1S/C34H52N2O9Si/c1-7-9-22-44-27-18-16-26(17-19-27)25-29(31(38)43-3)36-30(37)28(34(42,20-8-2)32(39)40)15-13-11-10-12-14-21-35-33(41)45-23-24-46(4,5)6/h13,15-19,28-29,42H,8,10-12,14,20-25H2,1-6H3,(H,35,41)(H,36,37)(H,39,40)/t28-,29+,34+/m1/s1. The van der Waals surface area contributed by atoms with Crippen LogP contribution in [0.5, 0.6) is 5.75 Å². The number of methoxy groups -OCH3 is 1. The molecule has 0 saturated carbocycles. The monoisotopic (exact) mass is 660 g/mol. The highest BCUT2D eigenvalue weighted by molar-refractivity contribution is 6.76. The summed E-state index contributed by atoms with van der Waals surface area (Å²) in [5.41, 5.74) is -1.68. The Morgan fingerprint density at radius 1 is 1.09 bits per heavy atom. The van der Waals surface area contributed by atoms with Gasteiger partial charge in [-0.25, -0.2) is 14.4 Å². The van der Waals surface area contributed by atoms with Crippen molar-refractivity contribution in [3.63, 3.8) is 0 Å². The molecule has 4 N–H and O–H groups in total. The minimum absolute atomic E-state index is 0.0725. The zero-order valence-corrected chi connectivity index (χ0v) is 29.1. The van der Waals surface area contributed by atoms with E-state index in [0.717, 1.165) is 18.9 Å². The number of nitrogens with one attached hydrogen (secondary N) is 2. The second kappa shape index (κ2) is 21.1. The van der Waals surface area contributed by atoms with Crippen molar-refractivity contribution >= 4 is 32.0 Å². The lowest BCUT2D eigenvalue weighted by Gasteiger charge is -2.30. The maximum Gasteiger partial charge on any atom is 0.407 e. The number of alkyl carbamates (subject to hydrolysis) is 1. The molecular weight excluding hydrogens is 608 g/mol. The van der Waals surface area contributed by atoms with Gasteiger partial charge in [0.15, 0.2) is 5.60 Å². The van der Waals surface area contributed by atoms with Crippen LogP contribution < -0.4 is 15.4 Å². The smallest absolute Gasteiger partial charge is 0.407 e. The molecule has 1 aromatic rings. The zero-order valence-electron chi connectivity index (χ0n) is 28.1. The number of ether oxygens (including phenoxy) is 3. The molecule has 0 aliphatic rings. The number of carboxylic acid groups (broad SMARTS) is 1. The molecule has 0 spiro atoms. The molecule has 0 aliphatic heterocycles. The van der Waals surface area contributed by atoms with Gasteiger partial charge in [-0.3, -0.25) is 4.79 Å². The first-order valence-corrected chi connectivity index (χ1v) is 19.5. The van der Waals surface area contributed by atoms with E-state index in [0.29, 0.717) is 43.7 Å². The molecule has 0 fully saturated rings. The van der Waals surface area contributed by atoms with Gasteiger partial charge >= 0.3 is 18.0 Å². The number of esters is 1. The molecule has 0 heterocycles. The number of benzene rings is 1. The molecule has 1 rings (SSSR count). The molecule has 46 heavy (non-hydrogen) atoms. The third kappa shape index (κ3) is 15.4. The Labute approximate surface area is 274 Å². The number of amides is 2. The van der Waals surface area contributed by atoms with Gasteiger partial charge in [-0.2, -0.15) is 0 Å². The summed E-state index contributed by atoms with van der Waals surface area (Å²) in [6.07, 6.45) is 5.58. The molecule has 0 saturated heterocycles. The lowest BCUT2D eigenvalue weighted by atomic mass is 9.82. The van der Waals surface area contributed by atoms with Gasteiger partial charge in [-0.05, 0) is 56.3 Å². The van der Waals surface area contributed by atoms with Crippen LogP contribution in [0, 0.1) is 17.8 Å². The van der Waals surface area contributed by atoms with Gasteiger partial charge < -0.3 is 35.1 Å². The number of carbonyl (C=O) groups is 4. The number of unbranched alkanes of at least 4 members (excludes halogenated alkanes) is 3. The first-order valence-electron chi connectivity index (χ1n) is 15.8. The van der Waals surface area contributed by atoms with E-state index in [9.17, 15) is 29.4 Å². The minimum Gasteiger partial charge on any atom is -0.481 e. The normalized spacial score (nSPS) is 13.8. The summed E-state index contributed by atoms with van der Waals surface area (Å²) in [6.45, 7) is 11.2. The first kappa shape index (κ1) is 40.2. The number of hydrogen-bond acceptors (Lipinski definition) is 8. The van der Waals surface area contributed by atoms with Gasteiger partial charge in [-0.1, -0.05) is 69.6 Å². The Morgan fingerprint density at radius 2 is 1.78 bits per heavy atom. The third-order valence-electron chi connectivity index (χ3n) is 7.18. The second-order valence-electron chi connectivity index (χ2n) is 12.3. The molecule has 0 aromatic heterocycles. The first-order chi connectivity index (χ1) is 21.8. The molecule has 3 atom stereocenters. The van der Waals surface area contributed by atoms with E-state index in [2.05, 4.69) is 42.1 Å². The topological polar surface area (TPSA) is 160 Å². The van der Waals surface area contributed by atoms with Gasteiger partial charge in [0.2, 0.25) is 5.91 Å². The summed E-state index contributed by atoms with van der Waals surface area (Å²) < 4.78 is 15.6. The van der Waals surface area contributed by atoms with Crippen LogP contribution in [0.25, 0.3) is 0 Å². The quantitative estimate of drug-likeness (QED) is 0.0482. The van der Waals surface area contributed by atoms with Gasteiger partial charge in [0.25, 0.3) is 0 Å². The number of hydrogen-bond donors (Lipinski definition) is 4. The van der Waals surface area contributed by atoms with Gasteiger partial charge in [0.1, 0.15) is 18.4 Å². The molecule has 256 valence electrons. The van der Waals surface area contributed by atoms with Crippen molar-refractivity contribution in [2.45, 2.75) is 96.1 Å². The van der Waals surface area contributed by atoms with Crippen LogP contribution in [-0.4, -0.2) is 80.7 Å². The van der Waals surface area contributed by atoms with Crippen molar-refractivity contribution in [1.82, 2.24) is 10.6 Å². The number of allylic oxidation sites excluding steroid dienone is 1. The van der Waals surface area contributed by atoms with Crippen LogP contribution in [-0.2, 0) is 30.3 Å². The van der Waals surface area contributed by atoms with Gasteiger partial charge in [0.05, 0.1) is 19.6 Å². The van der Waals surface area contributed by atoms with Crippen LogP contribution in [0.3, 0.4) is 0 Å². The third-order valence-corrected chi connectivity index (χ3v) is 8.89. The van der Waals surface area contributed by atoms with Crippen molar-refractivity contribution < 1.29 is 43.6 Å². The summed E-state index contributed by atoms with van der Waals surface area (Å²) in [6, 6.07) is 6.70. The molecule has 0 aliphatic carbocycles. The Bertz CT molecular complexity index is 1200. The summed E-state index contributed by atoms with van der Waals surface area (Å²) in [5, 5.41) is 26.4. The zero-order chi connectivity index (χ0) is 34.6. The lowest BCUT2D eigenvalue weighted by molar-refractivity contribution is -0.167. The van der Waals surface area contributed by atoms with Crippen molar-refractivity contribution in [3.05, 3.63) is 42.0 Å². The Kier molecular flexibility index (Phi) is 18.4. The van der Waals surface area contributed by atoms with Crippen LogP contribution >= 0.6 is 0 Å². The lowest BCUT2D eigenvalue weighted by Crippen LogP contribution is -2.54. The average Bonchev–Trinajstić information content (AvgIpc) is 2.99. The summed E-state index contributed by atoms with van der Waals surface area (Å²) in [4.78, 5) is 50.2. The highest BCUT2D eigenvalue weighted by Gasteiger charge is 2.46. The van der Waals surface area contributed by atoms with Crippen molar-refractivity contribution in [3.8, 4) is 17.6 Å². The maximum absolute atomic E-state index is 13.5. The van der Waals surface area contributed by atoms with Gasteiger partial charge in [-0.15, -0.1) is 5.92 Å². The Hall–Kier alpha value is -3.82. The summed E-state index contributed by atoms with van der Waals surface area (Å²) in [7, 11) is -0.0728. The molecule has 11 nitrogen and oxygen atoms in total. The van der Waals surface area contributed by atoms with Crippen LogP contribution in [0.4, 0.5) is 4.79 Å². The van der Waals surface area contributed by atoms with Gasteiger partial charge in [0, 0.05) is 21.0 Å². The number of aliphatic hydroxyl groups is 1. The van der Waals surface area contributed by atoms with E-state index in [1.165, 1.54) is 13.2 Å². The van der Waals surface area contributed by atoms with E-state index in [-0.39, 0.29) is 19.4 Å². The fourth-order valence-electron chi connectivity index (χ4n) is 4.47. The van der Waals surface area contributed by atoms with Crippen LogP contribution in [0.1, 0.15) is 57.9 Å². The van der Waals surface area contributed by atoms with E-state index in [4.69, 9.17) is 14.2 Å². The number of rotatable bonds is 21. The Balaban J connectivity index is 2.85. The van der Waals surface area contributed by atoms with E-state index >= 15 is 0 Å². The highest BCUT2D eigenvalue weighted by atomic mass is 28.3. The van der Waals surface area contributed by atoms with Crippen molar-refractivity contribution in [2.75, 3.05) is 26.9 Å². The number of carboxylic acids is 1. The van der Waals surface area contributed by atoms with Crippen molar-refractivity contribution in [2.24, 2.45) is 5.92 Å². The largest absolute Gasteiger partial charge is 0.481 e. The SMILES string of the molecule is CC#CCOc1ccc(C[C@H](NC(=O)[C@@H](C=CCCCCCNC(=O)OCC[Si](C)(C)C)[C@@](O)(CCC)C(=O)O)C(=O)OC)cc1. The average molecular weight is 661 g/mol. The second-order valence-corrected chi connectivity index (χ2v) is 17.9.